The van der Waals surface area contributed by atoms with E-state index in [9.17, 15) is 9.59 Å². The minimum Gasteiger partial charge on any atom is -0.392 e. The zero-order chi connectivity index (χ0) is 30.2. The van der Waals surface area contributed by atoms with Crippen LogP contribution < -0.4 is 0 Å². The van der Waals surface area contributed by atoms with Crippen molar-refractivity contribution in [2.45, 2.75) is 72.0 Å². The molecule has 2 saturated heterocycles. The van der Waals surface area contributed by atoms with Gasteiger partial charge in [-0.2, -0.15) is 0 Å². The number of hydrogen-bond acceptors (Lipinski definition) is 6. The summed E-state index contributed by atoms with van der Waals surface area (Å²) in [6, 6.07) is 20.9. The number of aliphatic hydroxyl groups excluding tert-OH is 2. The van der Waals surface area contributed by atoms with Crippen LogP contribution in [-0.4, -0.2) is 68.2 Å². The lowest BCUT2D eigenvalue weighted by Gasteiger charge is -2.28. The van der Waals surface area contributed by atoms with Crippen LogP contribution >= 0.6 is 0 Å². The first-order valence-electron chi connectivity index (χ1n) is 15.2. The number of piperidine rings is 2. The maximum Gasteiger partial charge on any atom is 0.274 e. The van der Waals surface area contributed by atoms with Gasteiger partial charge < -0.3 is 20.0 Å². The standard InChI is InChI=1S/C20H30N4O2.2C7H8O/c1-15(2)13-16-14-17(19(25)23-9-5-3-6-10-23)21-22-18(16)20(26)24-11-7-4-8-12-24;2*8-6-7-4-2-1-3-5-7/h14-15H,3-13H2,1-2H3;2*1-5,8H,6H2. The van der Waals surface area contributed by atoms with Crippen LogP contribution in [-0.2, 0) is 19.6 Å². The molecule has 2 aliphatic rings. The predicted molar refractivity (Wildman–Crippen MR) is 165 cm³/mol. The van der Waals surface area contributed by atoms with Crippen LogP contribution in [0.5, 0.6) is 0 Å². The number of aliphatic hydroxyl groups is 2. The van der Waals surface area contributed by atoms with Gasteiger partial charge in [0, 0.05) is 26.2 Å². The molecule has 0 radical (unpaired) electrons. The minimum absolute atomic E-state index is 0.0372. The van der Waals surface area contributed by atoms with Crippen LogP contribution in [0.1, 0.15) is 90.0 Å². The van der Waals surface area contributed by atoms with Crippen molar-refractivity contribution in [3.8, 4) is 0 Å². The van der Waals surface area contributed by atoms with Crippen LogP contribution in [0.3, 0.4) is 0 Å². The Morgan fingerprint density at radius 1 is 0.690 bits per heavy atom. The second-order valence-electron chi connectivity index (χ2n) is 11.2. The number of likely N-dealkylation sites (tertiary alicyclic amines) is 2. The number of carbonyl (C=O) groups excluding carboxylic acids is 2. The first-order chi connectivity index (χ1) is 20.4. The lowest BCUT2D eigenvalue weighted by atomic mass is 9.99. The third kappa shape index (κ3) is 10.7. The van der Waals surface area contributed by atoms with E-state index in [0.29, 0.717) is 17.3 Å². The first kappa shape index (κ1) is 32.9. The molecule has 42 heavy (non-hydrogen) atoms. The van der Waals surface area contributed by atoms with Gasteiger partial charge in [-0.25, -0.2) is 0 Å². The molecule has 1 aromatic heterocycles. The Morgan fingerprint density at radius 3 is 1.55 bits per heavy atom. The molecule has 8 heteroatoms. The Kier molecular flexibility index (Phi) is 14.1. The first-order valence-corrected chi connectivity index (χ1v) is 15.2. The van der Waals surface area contributed by atoms with E-state index in [1.54, 1.807) is 6.07 Å². The highest BCUT2D eigenvalue weighted by molar-refractivity contribution is 5.96. The maximum atomic E-state index is 12.9. The summed E-state index contributed by atoms with van der Waals surface area (Å²) in [5.41, 5.74) is 3.58. The zero-order valence-electron chi connectivity index (χ0n) is 25.1. The van der Waals surface area contributed by atoms with E-state index in [0.717, 1.165) is 75.0 Å². The molecular weight excluding hydrogens is 528 g/mol. The normalized spacial score (nSPS) is 14.8. The molecule has 2 aliphatic heterocycles. The fourth-order valence-electron chi connectivity index (χ4n) is 4.98. The van der Waals surface area contributed by atoms with E-state index in [1.807, 2.05) is 70.5 Å². The molecule has 3 aromatic rings. The van der Waals surface area contributed by atoms with Crippen molar-refractivity contribution >= 4 is 11.8 Å². The highest BCUT2D eigenvalue weighted by Gasteiger charge is 2.26. The Balaban J connectivity index is 0.000000244. The van der Waals surface area contributed by atoms with Gasteiger partial charge in [-0.1, -0.05) is 74.5 Å². The SMILES string of the molecule is CC(C)Cc1cc(C(=O)N2CCCCC2)nnc1C(=O)N1CCCCC1.OCc1ccccc1.OCc1ccccc1. The molecule has 8 nitrogen and oxygen atoms in total. The van der Waals surface area contributed by atoms with Crippen molar-refractivity contribution in [2.24, 2.45) is 5.92 Å². The Morgan fingerprint density at radius 2 is 1.14 bits per heavy atom. The van der Waals surface area contributed by atoms with E-state index in [1.165, 1.54) is 12.8 Å². The van der Waals surface area contributed by atoms with E-state index in [2.05, 4.69) is 24.0 Å². The Bertz CT molecular complexity index is 1170. The molecule has 3 heterocycles. The van der Waals surface area contributed by atoms with Crippen molar-refractivity contribution < 1.29 is 19.8 Å². The van der Waals surface area contributed by atoms with Gasteiger partial charge in [0.2, 0.25) is 0 Å². The van der Waals surface area contributed by atoms with Gasteiger partial charge in [0.25, 0.3) is 11.8 Å². The average molecular weight is 575 g/mol. The summed E-state index contributed by atoms with van der Waals surface area (Å²) in [6.45, 7) is 7.65. The van der Waals surface area contributed by atoms with Gasteiger partial charge in [0.05, 0.1) is 13.2 Å². The summed E-state index contributed by atoms with van der Waals surface area (Å²) < 4.78 is 0. The fraction of sp³-hybridized carbons (Fsp3) is 0.471. The lowest BCUT2D eigenvalue weighted by molar-refractivity contribution is 0.0699. The minimum atomic E-state index is -0.0563. The fourth-order valence-corrected chi connectivity index (χ4v) is 4.98. The van der Waals surface area contributed by atoms with Gasteiger partial charge in [0.15, 0.2) is 11.4 Å². The molecule has 2 amide bonds. The molecule has 0 spiro atoms. The number of nitrogens with zero attached hydrogens (tertiary/aromatic N) is 4. The van der Waals surface area contributed by atoms with Gasteiger partial charge >= 0.3 is 0 Å². The summed E-state index contributed by atoms with van der Waals surface area (Å²) in [5, 5.41) is 25.5. The van der Waals surface area contributed by atoms with Crippen molar-refractivity contribution in [3.63, 3.8) is 0 Å². The highest BCUT2D eigenvalue weighted by Crippen LogP contribution is 2.19. The molecule has 0 aliphatic carbocycles. The molecule has 0 unspecified atom stereocenters. The summed E-state index contributed by atoms with van der Waals surface area (Å²) in [5.74, 6) is 0.286. The second-order valence-corrected chi connectivity index (χ2v) is 11.2. The molecule has 0 saturated carbocycles. The van der Waals surface area contributed by atoms with Crippen LogP contribution in [0, 0.1) is 5.92 Å². The van der Waals surface area contributed by atoms with Gasteiger partial charge in [-0.05, 0) is 73.6 Å². The zero-order valence-corrected chi connectivity index (χ0v) is 25.1. The number of amides is 2. The van der Waals surface area contributed by atoms with Gasteiger partial charge in [-0.15, -0.1) is 10.2 Å². The summed E-state index contributed by atoms with van der Waals surface area (Å²) in [7, 11) is 0. The van der Waals surface area contributed by atoms with E-state index in [4.69, 9.17) is 10.2 Å². The van der Waals surface area contributed by atoms with E-state index >= 15 is 0 Å². The summed E-state index contributed by atoms with van der Waals surface area (Å²) >= 11 is 0. The largest absolute Gasteiger partial charge is 0.392 e. The summed E-state index contributed by atoms with van der Waals surface area (Å²) in [4.78, 5) is 29.4. The van der Waals surface area contributed by atoms with Crippen molar-refractivity contribution in [3.05, 3.63) is 94.8 Å². The third-order valence-corrected chi connectivity index (χ3v) is 7.26. The molecule has 226 valence electrons. The van der Waals surface area contributed by atoms with Gasteiger partial charge in [0.1, 0.15) is 0 Å². The second kappa shape index (κ2) is 18.0. The van der Waals surface area contributed by atoms with Crippen LogP contribution in [0.4, 0.5) is 0 Å². The molecule has 2 fully saturated rings. The van der Waals surface area contributed by atoms with E-state index < -0.39 is 0 Å². The number of rotatable bonds is 6. The number of benzene rings is 2. The Labute approximate surface area is 250 Å². The predicted octanol–water partition coefficient (Wildman–Crippen LogP) is 5.29. The number of carbonyl (C=O) groups is 2. The van der Waals surface area contributed by atoms with Crippen LogP contribution in [0.2, 0.25) is 0 Å². The molecule has 5 rings (SSSR count). The summed E-state index contributed by atoms with van der Waals surface area (Å²) in [6.07, 6.45) is 7.27. The maximum absolute atomic E-state index is 12.9. The molecule has 0 atom stereocenters. The smallest absolute Gasteiger partial charge is 0.274 e. The van der Waals surface area contributed by atoms with Crippen LogP contribution in [0.25, 0.3) is 0 Å². The van der Waals surface area contributed by atoms with Crippen molar-refractivity contribution in [2.75, 3.05) is 26.2 Å². The van der Waals surface area contributed by atoms with Gasteiger partial charge in [-0.3, -0.25) is 9.59 Å². The molecule has 2 N–H and O–H groups in total. The quantitative estimate of drug-likeness (QED) is 0.415. The highest BCUT2D eigenvalue weighted by atomic mass is 16.3. The lowest BCUT2D eigenvalue weighted by Crippen LogP contribution is -2.38. The Hall–Kier alpha value is -3.62. The third-order valence-electron chi connectivity index (χ3n) is 7.26. The molecular formula is C34H46N4O4. The molecule has 2 aromatic carbocycles. The van der Waals surface area contributed by atoms with Crippen molar-refractivity contribution in [1.29, 1.82) is 0 Å². The average Bonchev–Trinajstić information content (AvgIpc) is 3.06. The number of aromatic nitrogens is 2. The van der Waals surface area contributed by atoms with Crippen LogP contribution in [0.15, 0.2) is 66.7 Å². The molecule has 0 bridgehead atoms. The van der Waals surface area contributed by atoms with Crippen molar-refractivity contribution in [1.82, 2.24) is 20.0 Å². The topological polar surface area (TPSA) is 107 Å². The van der Waals surface area contributed by atoms with E-state index in [-0.39, 0.29) is 25.0 Å². The monoisotopic (exact) mass is 574 g/mol. The number of hydrogen-bond donors (Lipinski definition) is 2.